The largest absolute Gasteiger partial charge is 0.339 e. The Hall–Kier alpha value is -1.83. The number of nitrogens with zero attached hydrogens (tertiary/aromatic N) is 1. The Kier molecular flexibility index (Phi) is 4.43. The molecule has 2 heteroatoms. The normalized spacial score (nSPS) is 16.7. The number of piperidine rings is 1. The monoisotopic (exact) mass is 309 g/mol. The predicted octanol–water partition coefficient (Wildman–Crippen LogP) is 5.13. The van der Waals surface area contributed by atoms with Crippen molar-refractivity contribution in [3.8, 4) is 0 Å². The lowest BCUT2D eigenvalue weighted by Gasteiger charge is -2.35. The van der Waals surface area contributed by atoms with Gasteiger partial charge < -0.3 is 4.90 Å². The number of rotatable bonds is 2. The highest BCUT2D eigenvalue weighted by Crippen LogP contribution is 2.31. The van der Waals surface area contributed by atoms with Crippen molar-refractivity contribution in [1.82, 2.24) is 4.90 Å². The Labute approximate surface area is 139 Å². The molecule has 2 aromatic rings. The van der Waals surface area contributed by atoms with Gasteiger partial charge >= 0.3 is 0 Å². The number of carbonyl (C=O) groups excluding carboxylic acids is 1. The van der Waals surface area contributed by atoms with Crippen molar-refractivity contribution in [2.45, 2.75) is 40.0 Å². The maximum Gasteiger partial charge on any atom is 0.254 e. The molecule has 0 unspecified atom stereocenters. The molecule has 3 rings (SSSR count). The molecule has 1 amide bonds. The van der Waals surface area contributed by atoms with Crippen LogP contribution >= 0.6 is 0 Å². The van der Waals surface area contributed by atoms with Crippen molar-refractivity contribution in [3.63, 3.8) is 0 Å². The highest BCUT2D eigenvalue weighted by atomic mass is 16.2. The van der Waals surface area contributed by atoms with Crippen molar-refractivity contribution in [1.29, 1.82) is 0 Å². The highest BCUT2D eigenvalue weighted by Gasteiger charge is 2.27. The lowest BCUT2D eigenvalue weighted by molar-refractivity contribution is 0.0672. The van der Waals surface area contributed by atoms with Gasteiger partial charge in [0.15, 0.2) is 0 Å². The van der Waals surface area contributed by atoms with E-state index in [1.165, 1.54) is 6.42 Å². The molecule has 1 aliphatic heterocycles. The number of benzene rings is 2. The average molecular weight is 309 g/mol. The third-order valence-corrected chi connectivity index (χ3v) is 4.82. The molecule has 0 saturated carbocycles. The number of likely N-dealkylation sites (tertiary alicyclic amines) is 1. The minimum absolute atomic E-state index is 0.191. The van der Waals surface area contributed by atoms with E-state index in [0.29, 0.717) is 5.41 Å². The van der Waals surface area contributed by atoms with Gasteiger partial charge in [-0.05, 0) is 47.4 Å². The summed E-state index contributed by atoms with van der Waals surface area (Å²) in [5.74, 6) is 0.947. The molecular weight excluding hydrogens is 282 g/mol. The average Bonchev–Trinajstić information content (AvgIpc) is 2.53. The first kappa shape index (κ1) is 16.0. The molecule has 0 aliphatic carbocycles. The lowest BCUT2D eigenvalue weighted by atomic mass is 9.80. The smallest absolute Gasteiger partial charge is 0.254 e. The molecule has 0 radical (unpaired) electrons. The molecule has 0 bridgehead atoms. The maximum absolute atomic E-state index is 12.9. The molecule has 2 aromatic carbocycles. The van der Waals surface area contributed by atoms with Gasteiger partial charge in [-0.1, -0.05) is 57.2 Å². The summed E-state index contributed by atoms with van der Waals surface area (Å²) in [6.45, 7) is 8.70. The Morgan fingerprint density at radius 1 is 1.04 bits per heavy atom. The SMILES string of the molecule is CC(C)(C)CC1CCN(C(=O)c2cccc3ccccc23)CC1. The van der Waals surface area contributed by atoms with Crippen molar-refractivity contribution in [2.24, 2.45) is 11.3 Å². The van der Waals surface area contributed by atoms with E-state index in [2.05, 4.69) is 39.0 Å². The van der Waals surface area contributed by atoms with Crippen LogP contribution in [0, 0.1) is 11.3 Å². The van der Waals surface area contributed by atoms with Gasteiger partial charge in [0.25, 0.3) is 5.91 Å². The van der Waals surface area contributed by atoms with Crippen LogP contribution in [0.25, 0.3) is 10.8 Å². The summed E-state index contributed by atoms with van der Waals surface area (Å²) in [5.41, 5.74) is 1.23. The van der Waals surface area contributed by atoms with E-state index in [-0.39, 0.29) is 5.91 Å². The first-order valence-corrected chi connectivity index (χ1v) is 8.71. The number of fused-ring (bicyclic) bond motifs is 1. The number of amides is 1. The van der Waals surface area contributed by atoms with Crippen LogP contribution in [0.4, 0.5) is 0 Å². The molecule has 1 saturated heterocycles. The van der Waals surface area contributed by atoms with E-state index in [9.17, 15) is 4.79 Å². The van der Waals surface area contributed by atoms with Crippen LogP contribution < -0.4 is 0 Å². The van der Waals surface area contributed by atoms with Crippen LogP contribution in [0.15, 0.2) is 42.5 Å². The molecule has 0 N–H and O–H groups in total. The molecule has 1 aliphatic rings. The van der Waals surface area contributed by atoms with Gasteiger partial charge in [0.1, 0.15) is 0 Å². The Morgan fingerprint density at radius 3 is 2.39 bits per heavy atom. The topological polar surface area (TPSA) is 20.3 Å². The van der Waals surface area contributed by atoms with Crippen molar-refractivity contribution in [2.75, 3.05) is 13.1 Å². The van der Waals surface area contributed by atoms with E-state index in [1.54, 1.807) is 0 Å². The third kappa shape index (κ3) is 3.74. The molecule has 1 heterocycles. The summed E-state index contributed by atoms with van der Waals surface area (Å²) in [7, 11) is 0. The fraction of sp³-hybridized carbons (Fsp3) is 0.476. The number of hydrogen-bond donors (Lipinski definition) is 0. The van der Waals surface area contributed by atoms with E-state index < -0.39 is 0 Å². The molecule has 0 spiro atoms. The van der Waals surface area contributed by atoms with E-state index in [1.807, 2.05) is 29.2 Å². The van der Waals surface area contributed by atoms with E-state index >= 15 is 0 Å². The fourth-order valence-corrected chi connectivity index (χ4v) is 3.79. The summed E-state index contributed by atoms with van der Waals surface area (Å²) in [4.78, 5) is 15.0. The van der Waals surface area contributed by atoms with Crippen LogP contribution in [0.1, 0.15) is 50.4 Å². The van der Waals surface area contributed by atoms with Gasteiger partial charge in [-0.15, -0.1) is 0 Å². The van der Waals surface area contributed by atoms with E-state index in [4.69, 9.17) is 0 Å². The lowest BCUT2D eigenvalue weighted by Crippen LogP contribution is -2.39. The van der Waals surface area contributed by atoms with Crippen LogP contribution in [-0.4, -0.2) is 23.9 Å². The van der Waals surface area contributed by atoms with Crippen LogP contribution in [-0.2, 0) is 0 Å². The first-order valence-electron chi connectivity index (χ1n) is 8.71. The molecule has 0 atom stereocenters. The van der Waals surface area contributed by atoms with Crippen molar-refractivity contribution in [3.05, 3.63) is 48.0 Å². The van der Waals surface area contributed by atoms with Crippen molar-refractivity contribution >= 4 is 16.7 Å². The molecule has 1 fully saturated rings. The third-order valence-electron chi connectivity index (χ3n) is 4.82. The molecule has 2 nitrogen and oxygen atoms in total. The second-order valence-electron chi connectivity index (χ2n) is 8.03. The second kappa shape index (κ2) is 6.35. The summed E-state index contributed by atoms with van der Waals surface area (Å²) < 4.78 is 0. The minimum atomic E-state index is 0.191. The zero-order valence-electron chi connectivity index (χ0n) is 14.5. The second-order valence-corrected chi connectivity index (χ2v) is 8.03. The summed E-state index contributed by atoms with van der Waals surface area (Å²) in [6, 6.07) is 14.2. The number of hydrogen-bond acceptors (Lipinski definition) is 1. The van der Waals surface area contributed by atoms with Gasteiger partial charge in [0.05, 0.1) is 0 Å². The van der Waals surface area contributed by atoms with Gasteiger partial charge in [-0.25, -0.2) is 0 Å². The quantitative estimate of drug-likeness (QED) is 0.753. The maximum atomic E-state index is 12.9. The summed E-state index contributed by atoms with van der Waals surface area (Å²) in [6.07, 6.45) is 3.52. The summed E-state index contributed by atoms with van der Waals surface area (Å²) >= 11 is 0. The predicted molar refractivity (Wildman–Crippen MR) is 96.6 cm³/mol. The minimum Gasteiger partial charge on any atom is -0.339 e. The Morgan fingerprint density at radius 2 is 1.70 bits per heavy atom. The zero-order chi connectivity index (χ0) is 16.4. The van der Waals surface area contributed by atoms with Gasteiger partial charge in [0, 0.05) is 18.7 Å². The fourth-order valence-electron chi connectivity index (χ4n) is 3.79. The van der Waals surface area contributed by atoms with E-state index in [0.717, 1.165) is 48.2 Å². The molecule has 122 valence electrons. The Balaban J connectivity index is 1.72. The highest BCUT2D eigenvalue weighted by molar-refractivity contribution is 6.07. The van der Waals surface area contributed by atoms with Crippen molar-refractivity contribution < 1.29 is 4.79 Å². The van der Waals surface area contributed by atoms with Crippen LogP contribution in [0.3, 0.4) is 0 Å². The van der Waals surface area contributed by atoms with Gasteiger partial charge in [-0.2, -0.15) is 0 Å². The van der Waals surface area contributed by atoms with Gasteiger partial charge in [-0.3, -0.25) is 4.79 Å². The van der Waals surface area contributed by atoms with Crippen LogP contribution in [0.5, 0.6) is 0 Å². The summed E-state index contributed by atoms with van der Waals surface area (Å²) in [5, 5.41) is 2.21. The van der Waals surface area contributed by atoms with Gasteiger partial charge in [0.2, 0.25) is 0 Å². The molecule has 23 heavy (non-hydrogen) atoms. The zero-order valence-corrected chi connectivity index (χ0v) is 14.5. The molecular formula is C21H27NO. The first-order chi connectivity index (χ1) is 10.9. The number of carbonyl (C=O) groups is 1. The Bertz CT molecular complexity index is 685. The standard InChI is InChI=1S/C21H27NO/c1-21(2,3)15-16-11-13-22(14-12-16)20(23)19-10-6-8-17-7-4-5-9-18(17)19/h4-10,16H,11-15H2,1-3H3. The van der Waals surface area contributed by atoms with Crippen LogP contribution in [0.2, 0.25) is 0 Å². The molecule has 0 aromatic heterocycles.